The van der Waals surface area contributed by atoms with Gasteiger partial charge in [0.25, 0.3) is 5.91 Å². The van der Waals surface area contributed by atoms with Crippen LogP contribution >= 0.6 is 31.9 Å². The van der Waals surface area contributed by atoms with E-state index in [4.69, 9.17) is 47.4 Å². The average molecular weight is 1200 g/mol. The van der Waals surface area contributed by atoms with Crippen molar-refractivity contribution in [3.63, 3.8) is 0 Å². The number of hydrogen-bond donors (Lipinski definition) is 7. The zero-order valence-corrected chi connectivity index (χ0v) is 45.7. The Hall–Kier alpha value is -4.55. The molecule has 0 radical (unpaired) electrons. The fourth-order valence-corrected chi connectivity index (χ4v) is 11.4. The summed E-state index contributed by atoms with van der Waals surface area (Å²) in [5.41, 5.74) is 2.94. The number of amides is 3. The SMILES string of the molecule is COc1cccc2c1C(=O)c1c(O)c3c(c(O)c1C2=O)C[C@@](O)(C(=O)NNC(=O)CCOCCOCCOCCOCCNC(=O)CCCn1[nH]c(CBr)c1CBr)C[C@@H]3O[C@H]1C[C@H]2[C@H](O[C@@H]3[C@@H](OC)OCCN32)[C@H](C)O1. The van der Waals surface area contributed by atoms with Gasteiger partial charge in [-0.15, -0.1) is 0 Å². The van der Waals surface area contributed by atoms with Crippen molar-refractivity contribution in [1.29, 1.82) is 0 Å². The molecule has 2 aromatic carbocycles. The normalized spacial score (nSPS) is 24.8. The highest BCUT2D eigenvalue weighted by Crippen LogP contribution is 2.53. The second-order valence-electron chi connectivity index (χ2n) is 18.8. The lowest BCUT2D eigenvalue weighted by atomic mass is 9.72. The van der Waals surface area contributed by atoms with Gasteiger partial charge in [-0.05, 0) is 19.4 Å². The van der Waals surface area contributed by atoms with Crippen LogP contribution in [0.4, 0.5) is 0 Å². The number of benzene rings is 2. The van der Waals surface area contributed by atoms with Gasteiger partial charge in [-0.25, -0.2) is 0 Å². The maximum atomic E-state index is 14.2. The number of nitrogens with one attached hydrogen (secondary N) is 4. The van der Waals surface area contributed by atoms with Crippen LogP contribution in [-0.4, -0.2) is 189 Å². The van der Waals surface area contributed by atoms with Crippen LogP contribution < -0.4 is 20.9 Å². The quantitative estimate of drug-likeness (QED) is 0.0205. The summed E-state index contributed by atoms with van der Waals surface area (Å²) in [6, 6.07) is 4.15. The number of phenols is 2. The number of aryl methyl sites for hydroxylation is 1. The van der Waals surface area contributed by atoms with Crippen molar-refractivity contribution >= 4 is 61.1 Å². The number of aliphatic hydroxyl groups is 1. The Bertz CT molecular complexity index is 2560. The molecule has 8 atom stereocenters. The number of halogens is 2. The molecule has 3 saturated heterocycles. The second-order valence-corrected chi connectivity index (χ2v) is 19.9. The minimum atomic E-state index is -2.42. The van der Waals surface area contributed by atoms with Crippen molar-refractivity contribution < 1.29 is 86.7 Å². The summed E-state index contributed by atoms with van der Waals surface area (Å²) in [4.78, 5) is 69.3. The predicted molar refractivity (Wildman–Crippen MR) is 272 cm³/mol. The number of methoxy groups -OCH3 is 2. The number of carbonyl (C=O) groups excluding carboxylic acids is 5. The van der Waals surface area contributed by atoms with E-state index in [1.54, 1.807) is 0 Å². The number of aromatic amines is 1. The molecule has 418 valence electrons. The van der Waals surface area contributed by atoms with E-state index in [1.807, 2.05) is 11.6 Å². The van der Waals surface area contributed by atoms with E-state index < -0.39 is 102 Å². The summed E-state index contributed by atoms with van der Waals surface area (Å²) in [6.07, 6.45) is -4.55. The molecule has 0 unspecified atom stereocenters. The molecule has 0 saturated carbocycles. The van der Waals surface area contributed by atoms with Crippen molar-refractivity contribution in [2.45, 2.75) is 111 Å². The average Bonchev–Trinajstić information content (AvgIpc) is 3.93. The van der Waals surface area contributed by atoms with E-state index in [0.29, 0.717) is 59.2 Å². The number of aromatic hydroxyl groups is 2. The largest absolute Gasteiger partial charge is 0.507 e. The number of phenolic OH excluding ortho intramolecular Hbond substituents is 2. The first-order valence-corrected chi connectivity index (χ1v) is 27.5. The predicted octanol–water partition coefficient (Wildman–Crippen LogP) is 2.27. The Morgan fingerprint density at radius 2 is 1.58 bits per heavy atom. The molecule has 26 heteroatoms. The molecule has 76 heavy (non-hydrogen) atoms. The molecule has 5 aliphatic rings. The van der Waals surface area contributed by atoms with Gasteiger partial charge in [-0.2, -0.15) is 0 Å². The first-order chi connectivity index (χ1) is 36.7. The third-order valence-corrected chi connectivity index (χ3v) is 15.2. The lowest BCUT2D eigenvalue weighted by Crippen LogP contribution is -2.57. The zero-order valence-electron chi connectivity index (χ0n) is 42.5. The summed E-state index contributed by atoms with van der Waals surface area (Å²) in [5, 5.41) is 43.8. The number of morpholine rings is 1. The Morgan fingerprint density at radius 3 is 2.28 bits per heavy atom. The number of aromatic nitrogens is 2. The standard InChI is InChI=1S/C50H66Br2N6O18/c1-27-46-31(57-12-15-73-48(68-3)47(57)76-46)22-37(74-27)75-34-24-50(66,23-29-39(34)45(64)41-40(43(29)62)42(61)28-6-4-7-33(67-2)38(28)44(41)63)49(65)55-54-36(60)9-13-69-16-18-71-20-21-72-19-17-70-14-10-53-35(59)8-5-11-58-32(26-52)30(25-51)56-58/h4,6-7,27,31,34,37,46-48,56,62,64,66H,5,8-26H2,1-3H3,(H,53,59)(H,54,60)(H,55,65)/t27-,31-,34-,37-,46+,47+,48-,50-/m0/s1. The maximum Gasteiger partial charge on any atom is 0.270 e. The second kappa shape index (κ2) is 26.4. The summed E-state index contributed by atoms with van der Waals surface area (Å²) >= 11 is 6.92. The number of hydrazine groups is 1. The topological polar surface area (TPSA) is 298 Å². The Kier molecular flexibility index (Phi) is 20.0. The van der Waals surface area contributed by atoms with Crippen molar-refractivity contribution in [2.75, 3.05) is 86.8 Å². The highest BCUT2D eigenvalue weighted by Gasteiger charge is 2.55. The van der Waals surface area contributed by atoms with Crippen LogP contribution in [0.15, 0.2) is 18.2 Å². The number of alkyl halides is 2. The minimum Gasteiger partial charge on any atom is -0.507 e. The van der Waals surface area contributed by atoms with Crippen molar-refractivity contribution in [3.8, 4) is 17.2 Å². The molecule has 0 bridgehead atoms. The van der Waals surface area contributed by atoms with Crippen LogP contribution in [0.2, 0.25) is 0 Å². The molecule has 1 aromatic heterocycles. The Balaban J connectivity index is 0.784. The maximum absolute atomic E-state index is 14.2. The summed E-state index contributed by atoms with van der Waals surface area (Å²) in [7, 11) is 2.86. The lowest BCUT2D eigenvalue weighted by Gasteiger charge is -2.43. The van der Waals surface area contributed by atoms with E-state index in [-0.39, 0.29) is 72.6 Å². The van der Waals surface area contributed by atoms with Crippen LogP contribution in [0, 0.1) is 0 Å². The summed E-state index contributed by atoms with van der Waals surface area (Å²) in [5.74, 6) is -4.67. The smallest absolute Gasteiger partial charge is 0.270 e. The van der Waals surface area contributed by atoms with E-state index in [9.17, 15) is 39.3 Å². The molecule has 8 rings (SSSR count). The summed E-state index contributed by atoms with van der Waals surface area (Å²) < 4.78 is 60.0. The van der Waals surface area contributed by atoms with E-state index in [1.165, 1.54) is 38.1 Å². The van der Waals surface area contributed by atoms with Gasteiger partial charge >= 0.3 is 0 Å². The monoisotopic (exact) mass is 1200 g/mol. The number of carbonyl (C=O) groups is 5. The van der Waals surface area contributed by atoms with Crippen LogP contribution in [-0.2, 0) is 80.6 Å². The number of ketones is 2. The molecule has 3 fully saturated rings. The molecular formula is C50H66Br2N6O18. The highest BCUT2D eigenvalue weighted by atomic mass is 79.9. The molecule has 24 nitrogen and oxygen atoms in total. The fourth-order valence-electron chi connectivity index (χ4n) is 10.3. The van der Waals surface area contributed by atoms with Crippen LogP contribution in [0.1, 0.15) is 99.5 Å². The van der Waals surface area contributed by atoms with Crippen LogP contribution in [0.25, 0.3) is 0 Å². The number of H-pyrrole nitrogens is 1. The molecule has 3 aromatic rings. The van der Waals surface area contributed by atoms with Gasteiger partial charge in [-0.1, -0.05) is 44.0 Å². The zero-order chi connectivity index (χ0) is 54.1. The lowest BCUT2D eigenvalue weighted by molar-refractivity contribution is -0.256. The first kappa shape index (κ1) is 57.6. The number of ether oxygens (including phenoxy) is 10. The molecule has 7 N–H and O–H groups in total. The molecule has 3 aliphatic heterocycles. The van der Waals surface area contributed by atoms with E-state index in [2.05, 4.69) is 58.0 Å². The third-order valence-electron chi connectivity index (χ3n) is 14.1. The minimum absolute atomic E-state index is 0.0265. The van der Waals surface area contributed by atoms with E-state index >= 15 is 0 Å². The van der Waals surface area contributed by atoms with Gasteiger partial charge in [0.15, 0.2) is 30.2 Å². The molecular weight excluding hydrogens is 1130 g/mol. The number of nitrogens with zero attached hydrogens (tertiary/aromatic N) is 2. The van der Waals surface area contributed by atoms with E-state index in [0.717, 1.165) is 29.3 Å². The Labute approximate surface area is 455 Å². The third kappa shape index (κ3) is 12.6. The fraction of sp³-hybridized carbons (Fsp3) is 0.620. The van der Waals surface area contributed by atoms with Crippen LogP contribution in [0.5, 0.6) is 17.2 Å². The van der Waals surface area contributed by atoms with Gasteiger partial charge in [0, 0.05) is 85.8 Å². The van der Waals surface area contributed by atoms with Gasteiger partial charge in [0.05, 0.1) is 113 Å². The molecule has 0 spiro atoms. The van der Waals surface area contributed by atoms with Gasteiger partial charge in [0.2, 0.25) is 17.6 Å². The van der Waals surface area contributed by atoms with Gasteiger partial charge < -0.3 is 73.1 Å². The number of hydrogen-bond acceptors (Lipinski definition) is 19. The van der Waals surface area contributed by atoms with Gasteiger partial charge in [-0.3, -0.25) is 44.4 Å². The Morgan fingerprint density at radius 1 is 0.868 bits per heavy atom. The number of rotatable bonds is 26. The van der Waals surface area contributed by atoms with Crippen molar-refractivity contribution in [1.82, 2.24) is 30.8 Å². The molecule has 4 heterocycles. The highest BCUT2D eigenvalue weighted by molar-refractivity contribution is 9.09. The molecule has 2 aliphatic carbocycles. The molecule has 3 amide bonds. The van der Waals surface area contributed by atoms with Crippen molar-refractivity contribution in [2.24, 2.45) is 0 Å². The first-order valence-electron chi connectivity index (χ1n) is 25.2. The number of fused-ring (bicyclic) bond motifs is 6. The van der Waals surface area contributed by atoms with Crippen LogP contribution in [0.3, 0.4) is 0 Å². The summed E-state index contributed by atoms with van der Waals surface area (Å²) in [6.45, 7) is 5.92. The van der Waals surface area contributed by atoms with Gasteiger partial charge in [0.1, 0.15) is 23.4 Å². The van der Waals surface area contributed by atoms with Crippen molar-refractivity contribution in [3.05, 3.63) is 63.0 Å².